The normalized spacial score (nSPS) is 11.8. The first-order chi connectivity index (χ1) is 23.8. The second-order valence-electron chi connectivity index (χ2n) is 12.5. The minimum Gasteiger partial charge on any atom is -0.455 e. The molecule has 224 valence electrons. The lowest BCUT2D eigenvalue weighted by Gasteiger charge is -2.26. The largest absolute Gasteiger partial charge is 0.455 e. The summed E-state index contributed by atoms with van der Waals surface area (Å²) < 4.78 is 6.49. The molecule has 0 radical (unpaired) electrons. The number of hydrogen-bond donors (Lipinski definition) is 0. The zero-order valence-corrected chi connectivity index (χ0v) is 26.1. The van der Waals surface area contributed by atoms with Gasteiger partial charge in [-0.25, -0.2) is 0 Å². The minimum atomic E-state index is 0.921. The predicted octanol–water partition coefficient (Wildman–Crippen LogP) is 13.3. The van der Waals surface area contributed by atoms with Crippen molar-refractivity contribution in [2.45, 2.75) is 0 Å². The van der Waals surface area contributed by atoms with Gasteiger partial charge in [0.15, 0.2) is 0 Å². The molecule has 0 fully saturated rings. The van der Waals surface area contributed by atoms with Crippen LogP contribution in [0.4, 0.5) is 17.1 Å². The second kappa shape index (κ2) is 10.6. The van der Waals surface area contributed by atoms with E-state index in [1.54, 1.807) is 0 Å². The van der Waals surface area contributed by atoms with Crippen molar-refractivity contribution in [3.8, 4) is 11.1 Å². The molecule has 2 heteroatoms. The molecule has 1 aromatic heterocycles. The van der Waals surface area contributed by atoms with E-state index in [4.69, 9.17) is 4.42 Å². The zero-order valence-electron chi connectivity index (χ0n) is 26.1. The van der Waals surface area contributed by atoms with E-state index in [1.807, 2.05) is 6.07 Å². The summed E-state index contributed by atoms with van der Waals surface area (Å²) in [5, 5.41) is 12.1. The van der Waals surface area contributed by atoms with E-state index < -0.39 is 0 Å². The third-order valence-corrected chi connectivity index (χ3v) is 9.79. The quantitative estimate of drug-likeness (QED) is 0.184. The van der Waals surface area contributed by atoms with Crippen LogP contribution >= 0.6 is 0 Å². The SMILES string of the molecule is c1ccc(-c2ccc(N(c3ccc4ccccc4c3)c3ccc4c(ccc5c4c4ccccc4c4oc6ccccc6c54)c3)cc2)cc1. The summed E-state index contributed by atoms with van der Waals surface area (Å²) in [5.41, 5.74) is 7.64. The van der Waals surface area contributed by atoms with E-state index in [9.17, 15) is 0 Å². The highest BCUT2D eigenvalue weighted by Crippen LogP contribution is 2.45. The van der Waals surface area contributed by atoms with Gasteiger partial charge in [-0.3, -0.25) is 0 Å². The van der Waals surface area contributed by atoms with Crippen molar-refractivity contribution < 1.29 is 4.42 Å². The molecule has 10 rings (SSSR count). The molecule has 1 heterocycles. The van der Waals surface area contributed by atoms with Crippen LogP contribution in [0.5, 0.6) is 0 Å². The van der Waals surface area contributed by atoms with Crippen molar-refractivity contribution in [1.82, 2.24) is 0 Å². The number of fused-ring (bicyclic) bond motifs is 11. The molecular weight excluding hydrogens is 583 g/mol. The number of hydrogen-bond acceptors (Lipinski definition) is 2. The Morgan fingerprint density at radius 2 is 0.917 bits per heavy atom. The molecule has 2 nitrogen and oxygen atoms in total. The van der Waals surface area contributed by atoms with E-state index >= 15 is 0 Å². The van der Waals surface area contributed by atoms with Crippen LogP contribution in [0.15, 0.2) is 180 Å². The van der Waals surface area contributed by atoms with Crippen molar-refractivity contribution in [3.63, 3.8) is 0 Å². The number of rotatable bonds is 4. The fraction of sp³-hybridized carbons (Fsp3) is 0. The molecule has 0 N–H and O–H groups in total. The van der Waals surface area contributed by atoms with Crippen molar-refractivity contribution >= 4 is 82.1 Å². The summed E-state index contributed by atoms with van der Waals surface area (Å²) in [4.78, 5) is 2.37. The summed E-state index contributed by atoms with van der Waals surface area (Å²) in [5.74, 6) is 0. The molecule has 0 amide bonds. The van der Waals surface area contributed by atoms with Crippen LogP contribution in [-0.2, 0) is 0 Å². The van der Waals surface area contributed by atoms with Gasteiger partial charge in [0.1, 0.15) is 11.2 Å². The number of anilines is 3. The molecule has 0 atom stereocenters. The van der Waals surface area contributed by atoms with Gasteiger partial charge in [-0.05, 0) is 91.3 Å². The van der Waals surface area contributed by atoms with Crippen LogP contribution in [0.1, 0.15) is 0 Å². The third kappa shape index (κ3) is 4.13. The molecule has 0 bridgehead atoms. The number of furan rings is 1. The highest BCUT2D eigenvalue weighted by Gasteiger charge is 2.19. The predicted molar refractivity (Wildman–Crippen MR) is 204 cm³/mol. The summed E-state index contributed by atoms with van der Waals surface area (Å²) >= 11 is 0. The molecule has 10 aromatic rings. The van der Waals surface area contributed by atoms with Gasteiger partial charge in [0.2, 0.25) is 0 Å². The zero-order chi connectivity index (χ0) is 31.6. The van der Waals surface area contributed by atoms with Gasteiger partial charge in [-0.2, -0.15) is 0 Å². The average molecular weight is 612 g/mol. The summed E-state index contributed by atoms with van der Waals surface area (Å²) in [6, 6.07) is 63.3. The van der Waals surface area contributed by atoms with E-state index in [0.29, 0.717) is 0 Å². The van der Waals surface area contributed by atoms with E-state index in [0.717, 1.165) is 39.0 Å². The first kappa shape index (κ1) is 26.8. The molecule has 48 heavy (non-hydrogen) atoms. The molecule has 0 unspecified atom stereocenters. The topological polar surface area (TPSA) is 16.4 Å². The maximum absolute atomic E-state index is 6.49. The second-order valence-corrected chi connectivity index (χ2v) is 12.5. The van der Waals surface area contributed by atoms with Crippen molar-refractivity contribution in [2.75, 3.05) is 4.90 Å². The third-order valence-electron chi connectivity index (χ3n) is 9.79. The van der Waals surface area contributed by atoms with Crippen LogP contribution in [-0.4, -0.2) is 0 Å². The monoisotopic (exact) mass is 611 g/mol. The van der Waals surface area contributed by atoms with Gasteiger partial charge >= 0.3 is 0 Å². The molecule has 0 aliphatic rings. The highest BCUT2D eigenvalue weighted by atomic mass is 16.3. The summed E-state index contributed by atoms with van der Waals surface area (Å²) in [6.07, 6.45) is 0. The first-order valence-corrected chi connectivity index (χ1v) is 16.4. The van der Waals surface area contributed by atoms with Crippen molar-refractivity contribution in [1.29, 1.82) is 0 Å². The Bertz CT molecular complexity index is 2830. The molecule has 0 saturated carbocycles. The van der Waals surface area contributed by atoms with Gasteiger partial charge in [-0.1, -0.05) is 133 Å². The van der Waals surface area contributed by atoms with Crippen LogP contribution in [0.2, 0.25) is 0 Å². The average Bonchev–Trinajstić information content (AvgIpc) is 3.55. The van der Waals surface area contributed by atoms with Crippen molar-refractivity contribution in [3.05, 3.63) is 176 Å². The number of para-hydroxylation sites is 1. The van der Waals surface area contributed by atoms with E-state index in [-0.39, 0.29) is 0 Å². The smallest absolute Gasteiger partial charge is 0.143 e. The highest BCUT2D eigenvalue weighted by molar-refractivity contribution is 6.34. The van der Waals surface area contributed by atoms with Gasteiger partial charge in [0.25, 0.3) is 0 Å². The lowest BCUT2D eigenvalue weighted by molar-refractivity contribution is 0.673. The Morgan fingerprint density at radius 3 is 1.75 bits per heavy atom. The van der Waals surface area contributed by atoms with E-state index in [1.165, 1.54) is 54.2 Å². The lowest BCUT2D eigenvalue weighted by Crippen LogP contribution is -2.10. The molecular formula is C46H29NO. The van der Waals surface area contributed by atoms with Crippen LogP contribution < -0.4 is 4.90 Å². The van der Waals surface area contributed by atoms with Crippen LogP contribution in [0.3, 0.4) is 0 Å². The fourth-order valence-corrected chi connectivity index (χ4v) is 7.55. The maximum Gasteiger partial charge on any atom is 0.143 e. The molecule has 0 saturated heterocycles. The van der Waals surface area contributed by atoms with Gasteiger partial charge in [0, 0.05) is 33.2 Å². The summed E-state index contributed by atoms with van der Waals surface area (Å²) in [7, 11) is 0. The molecule has 9 aromatic carbocycles. The van der Waals surface area contributed by atoms with Crippen molar-refractivity contribution in [2.24, 2.45) is 0 Å². The Labute approximate surface area is 277 Å². The van der Waals surface area contributed by atoms with Crippen LogP contribution in [0, 0.1) is 0 Å². The van der Waals surface area contributed by atoms with Gasteiger partial charge in [0.05, 0.1) is 0 Å². The number of benzene rings is 9. The molecule has 0 spiro atoms. The molecule has 0 aliphatic carbocycles. The number of nitrogens with zero attached hydrogens (tertiary/aromatic N) is 1. The molecule has 0 aliphatic heterocycles. The first-order valence-electron chi connectivity index (χ1n) is 16.4. The van der Waals surface area contributed by atoms with Gasteiger partial charge < -0.3 is 9.32 Å². The van der Waals surface area contributed by atoms with Crippen LogP contribution in [0.25, 0.3) is 76.2 Å². The van der Waals surface area contributed by atoms with Gasteiger partial charge in [-0.15, -0.1) is 0 Å². The Hall–Kier alpha value is -6.38. The standard InChI is InChI=1S/C46H29NO/c1-2-10-30(11-3-1)32-18-22-35(23-19-32)47(36-24-20-31-12-4-5-13-33(31)28-36)37-25-27-38-34(29-37)21-26-42-44(38)39-14-6-7-15-40(39)46-45(42)41-16-8-9-17-43(41)48-46/h1-29H. The fourth-order valence-electron chi connectivity index (χ4n) is 7.55. The summed E-state index contributed by atoms with van der Waals surface area (Å²) in [6.45, 7) is 0. The van der Waals surface area contributed by atoms with E-state index in [2.05, 4.69) is 175 Å². The Balaban J connectivity index is 1.20. The Morgan fingerprint density at radius 1 is 0.333 bits per heavy atom. The maximum atomic E-state index is 6.49. The lowest BCUT2D eigenvalue weighted by atomic mass is 9.92. The Kier molecular flexibility index (Phi) is 5.91. The minimum absolute atomic E-state index is 0.921.